The molecule has 1 atom stereocenters. The van der Waals surface area contributed by atoms with Gasteiger partial charge in [0.1, 0.15) is 0 Å². The van der Waals surface area contributed by atoms with Crippen molar-refractivity contribution in [3.63, 3.8) is 0 Å². The molecule has 1 fully saturated rings. The third-order valence-electron chi connectivity index (χ3n) is 6.15. The van der Waals surface area contributed by atoms with Crippen molar-refractivity contribution in [2.24, 2.45) is 0 Å². The highest BCUT2D eigenvalue weighted by Crippen LogP contribution is 2.31. The van der Waals surface area contributed by atoms with Crippen LogP contribution in [0.25, 0.3) is 10.9 Å². The predicted molar refractivity (Wildman–Crippen MR) is 126 cm³/mol. The van der Waals surface area contributed by atoms with E-state index >= 15 is 0 Å². The van der Waals surface area contributed by atoms with Gasteiger partial charge in [0.2, 0.25) is 0 Å². The summed E-state index contributed by atoms with van der Waals surface area (Å²) in [7, 11) is -3.31. The Labute approximate surface area is 188 Å². The molecule has 0 bridgehead atoms. The fourth-order valence-corrected chi connectivity index (χ4v) is 5.34. The molecule has 170 valence electrons. The number of benzene rings is 1. The third kappa shape index (κ3) is 4.40. The van der Waals surface area contributed by atoms with E-state index < -0.39 is 9.84 Å². The molecule has 8 nitrogen and oxygen atoms in total. The number of aliphatic hydroxyl groups excluding tert-OH is 1. The number of fused-ring (bicyclic) bond motifs is 1. The minimum Gasteiger partial charge on any atom is -0.393 e. The van der Waals surface area contributed by atoms with Gasteiger partial charge in [-0.15, -0.1) is 5.10 Å². The minimum absolute atomic E-state index is 0.189. The maximum absolute atomic E-state index is 12.1. The van der Waals surface area contributed by atoms with E-state index in [4.69, 9.17) is 0 Å². The summed E-state index contributed by atoms with van der Waals surface area (Å²) in [5.41, 5.74) is 4.12. The van der Waals surface area contributed by atoms with E-state index in [0.29, 0.717) is 10.7 Å². The SMILES string of the molecule is Cc1c([C@@H](C)Nc2nnc(C)c3ncc(N4CCC(O)CC4)cc23)cccc1S(C)(=O)=O. The first-order chi connectivity index (χ1) is 15.1. The lowest BCUT2D eigenvalue weighted by Crippen LogP contribution is -2.35. The number of pyridine rings is 1. The van der Waals surface area contributed by atoms with Crippen LogP contribution in [-0.4, -0.2) is 54.2 Å². The number of anilines is 2. The smallest absolute Gasteiger partial charge is 0.175 e. The van der Waals surface area contributed by atoms with E-state index in [1.165, 1.54) is 6.26 Å². The number of aryl methyl sites for hydroxylation is 1. The van der Waals surface area contributed by atoms with Crippen molar-refractivity contribution in [2.45, 2.75) is 50.7 Å². The van der Waals surface area contributed by atoms with Crippen LogP contribution < -0.4 is 10.2 Å². The van der Waals surface area contributed by atoms with Gasteiger partial charge in [0.05, 0.1) is 40.1 Å². The van der Waals surface area contributed by atoms with E-state index in [1.807, 2.05) is 33.0 Å². The maximum atomic E-state index is 12.1. The number of hydrogen-bond donors (Lipinski definition) is 2. The molecule has 32 heavy (non-hydrogen) atoms. The number of nitrogens with one attached hydrogen (secondary N) is 1. The van der Waals surface area contributed by atoms with Gasteiger partial charge in [-0.05, 0) is 56.9 Å². The largest absolute Gasteiger partial charge is 0.393 e. The van der Waals surface area contributed by atoms with Crippen molar-refractivity contribution in [3.05, 3.63) is 47.3 Å². The average Bonchev–Trinajstić information content (AvgIpc) is 2.75. The fourth-order valence-electron chi connectivity index (χ4n) is 4.34. The molecule has 4 rings (SSSR count). The first kappa shape index (κ1) is 22.4. The van der Waals surface area contributed by atoms with Crippen molar-refractivity contribution in [1.29, 1.82) is 0 Å². The van der Waals surface area contributed by atoms with Crippen LogP contribution in [0.4, 0.5) is 11.5 Å². The summed E-state index contributed by atoms with van der Waals surface area (Å²) in [5.74, 6) is 0.605. The van der Waals surface area contributed by atoms with Crippen LogP contribution in [0.1, 0.15) is 42.6 Å². The van der Waals surface area contributed by atoms with Gasteiger partial charge in [0.15, 0.2) is 15.7 Å². The summed E-state index contributed by atoms with van der Waals surface area (Å²) in [6.07, 6.45) is 4.31. The average molecular weight is 456 g/mol. The van der Waals surface area contributed by atoms with Crippen LogP contribution in [0.5, 0.6) is 0 Å². The molecule has 3 heterocycles. The lowest BCUT2D eigenvalue weighted by molar-refractivity contribution is 0.145. The van der Waals surface area contributed by atoms with Crippen molar-refractivity contribution in [2.75, 3.05) is 29.6 Å². The van der Waals surface area contributed by atoms with Crippen molar-refractivity contribution < 1.29 is 13.5 Å². The molecular weight excluding hydrogens is 426 g/mol. The Morgan fingerprint density at radius 2 is 1.91 bits per heavy atom. The zero-order valence-electron chi connectivity index (χ0n) is 18.8. The third-order valence-corrected chi connectivity index (χ3v) is 7.39. The number of piperidine rings is 1. The van der Waals surface area contributed by atoms with Gasteiger partial charge in [-0.1, -0.05) is 12.1 Å². The van der Waals surface area contributed by atoms with E-state index in [0.717, 1.165) is 59.3 Å². The second kappa shape index (κ2) is 8.63. The molecule has 0 unspecified atom stereocenters. The second-order valence-electron chi connectivity index (χ2n) is 8.55. The first-order valence-corrected chi connectivity index (χ1v) is 12.7. The normalized spacial score (nSPS) is 16.3. The minimum atomic E-state index is -3.31. The van der Waals surface area contributed by atoms with Crippen LogP contribution in [0.15, 0.2) is 35.4 Å². The number of sulfone groups is 1. The van der Waals surface area contributed by atoms with E-state index in [1.54, 1.807) is 12.1 Å². The highest BCUT2D eigenvalue weighted by atomic mass is 32.2. The topological polar surface area (TPSA) is 108 Å². The summed E-state index contributed by atoms with van der Waals surface area (Å²) in [6.45, 7) is 7.25. The lowest BCUT2D eigenvalue weighted by atomic mass is 10.0. The van der Waals surface area contributed by atoms with Gasteiger partial charge in [0, 0.05) is 24.7 Å². The quantitative estimate of drug-likeness (QED) is 0.604. The number of hydrogen-bond acceptors (Lipinski definition) is 8. The Bertz CT molecular complexity index is 1250. The zero-order valence-corrected chi connectivity index (χ0v) is 19.6. The molecule has 1 aromatic carbocycles. The first-order valence-electron chi connectivity index (χ1n) is 10.8. The van der Waals surface area contributed by atoms with E-state index in [-0.39, 0.29) is 12.1 Å². The molecule has 2 aromatic heterocycles. The Balaban J connectivity index is 1.70. The van der Waals surface area contributed by atoms with Crippen LogP contribution in [0.3, 0.4) is 0 Å². The van der Waals surface area contributed by atoms with Gasteiger partial charge in [0.25, 0.3) is 0 Å². The van der Waals surface area contributed by atoms with E-state index in [9.17, 15) is 13.5 Å². The molecule has 0 saturated carbocycles. The Hall–Kier alpha value is -2.78. The molecule has 2 N–H and O–H groups in total. The monoisotopic (exact) mass is 455 g/mol. The summed E-state index contributed by atoms with van der Waals surface area (Å²) in [6, 6.07) is 7.20. The predicted octanol–water partition coefficient (Wildman–Crippen LogP) is 3.18. The van der Waals surface area contributed by atoms with Crippen molar-refractivity contribution >= 4 is 32.2 Å². The van der Waals surface area contributed by atoms with Gasteiger partial charge < -0.3 is 15.3 Å². The van der Waals surface area contributed by atoms with Crippen molar-refractivity contribution in [3.8, 4) is 0 Å². The fraction of sp³-hybridized carbons (Fsp3) is 0.435. The molecule has 1 aliphatic rings. The number of aromatic nitrogens is 3. The Morgan fingerprint density at radius 3 is 2.59 bits per heavy atom. The second-order valence-corrected chi connectivity index (χ2v) is 10.5. The Kier molecular flexibility index (Phi) is 6.05. The summed E-state index contributed by atoms with van der Waals surface area (Å²) in [4.78, 5) is 7.21. The van der Waals surface area contributed by atoms with E-state index in [2.05, 4.69) is 31.5 Å². The number of rotatable bonds is 5. The molecule has 0 aliphatic carbocycles. The molecule has 3 aromatic rings. The Morgan fingerprint density at radius 1 is 1.19 bits per heavy atom. The van der Waals surface area contributed by atoms with Crippen molar-refractivity contribution in [1.82, 2.24) is 15.2 Å². The zero-order chi connectivity index (χ0) is 23.0. The molecule has 0 spiro atoms. The molecular formula is C23H29N5O3S. The molecule has 9 heteroatoms. The maximum Gasteiger partial charge on any atom is 0.175 e. The van der Waals surface area contributed by atoms with Crippen LogP contribution >= 0.6 is 0 Å². The van der Waals surface area contributed by atoms with Crippen LogP contribution in [-0.2, 0) is 9.84 Å². The summed E-state index contributed by atoms with van der Waals surface area (Å²) >= 11 is 0. The standard InChI is InChI=1S/C23H29N5O3S/c1-14-19(6-5-7-21(14)32(4,30)31)15(2)25-23-20-12-17(28-10-8-18(29)9-11-28)13-24-22(20)16(3)26-27-23/h5-7,12-13,15,18,29H,8-11H2,1-4H3,(H,25,27)/t15-/m1/s1. The highest BCUT2D eigenvalue weighted by Gasteiger charge is 2.21. The lowest BCUT2D eigenvalue weighted by Gasteiger charge is -2.31. The molecule has 1 saturated heterocycles. The number of aliphatic hydroxyl groups is 1. The van der Waals surface area contributed by atoms with Gasteiger partial charge >= 0.3 is 0 Å². The summed E-state index contributed by atoms with van der Waals surface area (Å²) < 4.78 is 24.3. The van der Waals surface area contributed by atoms with Crippen LogP contribution in [0.2, 0.25) is 0 Å². The molecule has 1 aliphatic heterocycles. The van der Waals surface area contributed by atoms with Gasteiger partial charge in [-0.2, -0.15) is 5.10 Å². The molecule has 0 radical (unpaired) electrons. The van der Waals surface area contributed by atoms with Gasteiger partial charge in [-0.3, -0.25) is 4.98 Å². The van der Waals surface area contributed by atoms with Gasteiger partial charge in [-0.25, -0.2) is 8.42 Å². The molecule has 0 amide bonds. The summed E-state index contributed by atoms with van der Waals surface area (Å²) in [5, 5.41) is 22.8. The highest BCUT2D eigenvalue weighted by molar-refractivity contribution is 7.90. The van der Waals surface area contributed by atoms with Crippen LogP contribution in [0, 0.1) is 13.8 Å². The number of nitrogens with zero attached hydrogens (tertiary/aromatic N) is 4.